The van der Waals surface area contributed by atoms with Crippen molar-refractivity contribution in [3.05, 3.63) is 53.6 Å². The Morgan fingerprint density at radius 2 is 1.96 bits per heavy atom. The summed E-state index contributed by atoms with van der Waals surface area (Å²) in [6.45, 7) is 0.607. The largest absolute Gasteiger partial charge is 0.454 e. The number of rotatable bonds is 5. The molecular weight excluding hydrogens is 336 g/mol. The molecule has 0 radical (unpaired) electrons. The predicted octanol–water partition coefficient (Wildman–Crippen LogP) is 3.44. The molecular formula is C17H15F2NO3S. The van der Waals surface area contributed by atoms with E-state index in [4.69, 9.17) is 9.47 Å². The number of benzene rings is 2. The summed E-state index contributed by atoms with van der Waals surface area (Å²) in [4.78, 5) is 14.0. The van der Waals surface area contributed by atoms with Gasteiger partial charge >= 0.3 is 0 Å². The summed E-state index contributed by atoms with van der Waals surface area (Å²) in [7, 11) is 1.68. The normalized spacial score (nSPS) is 12.3. The van der Waals surface area contributed by atoms with E-state index in [1.807, 2.05) is 12.1 Å². The van der Waals surface area contributed by atoms with Crippen LogP contribution in [0.2, 0.25) is 0 Å². The molecule has 0 fully saturated rings. The first-order chi connectivity index (χ1) is 11.5. The van der Waals surface area contributed by atoms with E-state index in [0.717, 1.165) is 23.4 Å². The number of halogens is 2. The van der Waals surface area contributed by atoms with Crippen molar-refractivity contribution in [2.24, 2.45) is 0 Å². The number of carbonyl (C=O) groups is 1. The second-order valence-corrected chi connectivity index (χ2v) is 6.32. The monoisotopic (exact) mass is 351 g/mol. The lowest BCUT2D eigenvalue weighted by molar-refractivity contribution is -0.127. The second-order valence-electron chi connectivity index (χ2n) is 5.30. The molecule has 1 amide bonds. The van der Waals surface area contributed by atoms with Crippen LogP contribution in [0.1, 0.15) is 5.56 Å². The molecule has 126 valence electrons. The van der Waals surface area contributed by atoms with E-state index in [9.17, 15) is 13.6 Å². The smallest absolute Gasteiger partial charge is 0.232 e. The molecule has 0 N–H and O–H groups in total. The van der Waals surface area contributed by atoms with Gasteiger partial charge in [-0.25, -0.2) is 8.78 Å². The summed E-state index contributed by atoms with van der Waals surface area (Å²) >= 11 is 1.05. The number of thioether (sulfide) groups is 1. The molecule has 0 spiro atoms. The van der Waals surface area contributed by atoms with Gasteiger partial charge in [0.2, 0.25) is 12.7 Å². The van der Waals surface area contributed by atoms with Crippen LogP contribution >= 0.6 is 11.8 Å². The van der Waals surface area contributed by atoms with Gasteiger partial charge in [-0.1, -0.05) is 6.07 Å². The Bertz CT molecular complexity index is 769. The maximum Gasteiger partial charge on any atom is 0.232 e. The van der Waals surface area contributed by atoms with Crippen LogP contribution in [0.3, 0.4) is 0 Å². The fourth-order valence-corrected chi connectivity index (χ4v) is 3.10. The maximum absolute atomic E-state index is 13.6. The number of nitrogens with zero attached hydrogens (tertiary/aromatic N) is 1. The van der Waals surface area contributed by atoms with E-state index >= 15 is 0 Å². The van der Waals surface area contributed by atoms with Crippen LogP contribution < -0.4 is 9.47 Å². The molecule has 1 aliphatic rings. The van der Waals surface area contributed by atoms with Crippen molar-refractivity contribution in [1.29, 1.82) is 0 Å². The summed E-state index contributed by atoms with van der Waals surface area (Å²) in [5.41, 5.74) is 0.910. The molecule has 0 atom stereocenters. The lowest BCUT2D eigenvalue weighted by Crippen LogP contribution is -2.27. The number of fused-ring (bicyclic) bond motifs is 1. The highest BCUT2D eigenvalue weighted by Gasteiger charge is 2.16. The average Bonchev–Trinajstić information content (AvgIpc) is 3.01. The van der Waals surface area contributed by atoms with E-state index in [1.54, 1.807) is 18.0 Å². The fraction of sp³-hybridized carbons (Fsp3) is 0.235. The van der Waals surface area contributed by atoms with Crippen molar-refractivity contribution >= 4 is 17.7 Å². The predicted molar refractivity (Wildman–Crippen MR) is 86.1 cm³/mol. The zero-order chi connectivity index (χ0) is 17.1. The summed E-state index contributed by atoms with van der Waals surface area (Å²) in [6.07, 6.45) is 0. The lowest BCUT2D eigenvalue weighted by Gasteiger charge is -2.17. The standard InChI is InChI=1S/C17H15F2NO3S/c1-20(8-11-2-4-14-15(6-11)23-10-22-14)17(21)9-24-16-5-3-12(18)7-13(16)19/h2-7H,8-10H2,1H3. The molecule has 0 saturated carbocycles. The van der Waals surface area contributed by atoms with Gasteiger partial charge in [-0.05, 0) is 29.8 Å². The Morgan fingerprint density at radius 3 is 2.75 bits per heavy atom. The SMILES string of the molecule is CN(Cc1ccc2c(c1)OCO2)C(=O)CSc1ccc(F)cc1F. The molecule has 0 aromatic heterocycles. The van der Waals surface area contributed by atoms with Crippen LogP contribution in [0.15, 0.2) is 41.3 Å². The number of hydrogen-bond acceptors (Lipinski definition) is 4. The van der Waals surface area contributed by atoms with E-state index in [-0.39, 0.29) is 23.3 Å². The van der Waals surface area contributed by atoms with Gasteiger partial charge in [0.05, 0.1) is 5.75 Å². The van der Waals surface area contributed by atoms with Gasteiger partial charge in [0.15, 0.2) is 11.5 Å². The third-order valence-corrected chi connectivity index (χ3v) is 4.56. The fourth-order valence-electron chi connectivity index (χ4n) is 2.24. The molecule has 7 heteroatoms. The highest BCUT2D eigenvalue weighted by atomic mass is 32.2. The number of ether oxygens (including phenoxy) is 2. The van der Waals surface area contributed by atoms with Crippen LogP contribution in [0.5, 0.6) is 11.5 Å². The molecule has 0 aliphatic carbocycles. The molecule has 0 bridgehead atoms. The summed E-state index contributed by atoms with van der Waals surface area (Å²) in [5, 5.41) is 0. The molecule has 1 heterocycles. The molecule has 3 rings (SSSR count). The molecule has 0 unspecified atom stereocenters. The molecule has 1 aliphatic heterocycles. The number of carbonyl (C=O) groups excluding carboxylic acids is 1. The maximum atomic E-state index is 13.6. The molecule has 24 heavy (non-hydrogen) atoms. The Balaban J connectivity index is 1.56. The van der Waals surface area contributed by atoms with Crippen molar-refractivity contribution in [2.45, 2.75) is 11.4 Å². The molecule has 0 saturated heterocycles. The zero-order valence-electron chi connectivity index (χ0n) is 12.9. The van der Waals surface area contributed by atoms with Gasteiger partial charge in [0, 0.05) is 24.6 Å². The second kappa shape index (κ2) is 7.09. The topological polar surface area (TPSA) is 38.8 Å². The number of hydrogen-bond donors (Lipinski definition) is 0. The van der Waals surface area contributed by atoms with Crippen molar-refractivity contribution in [3.63, 3.8) is 0 Å². The van der Waals surface area contributed by atoms with Gasteiger partial charge in [-0.15, -0.1) is 11.8 Å². The van der Waals surface area contributed by atoms with Crippen molar-refractivity contribution in [3.8, 4) is 11.5 Å². The molecule has 2 aromatic carbocycles. The van der Waals surface area contributed by atoms with Crippen LogP contribution in [-0.4, -0.2) is 30.4 Å². The molecule has 2 aromatic rings. The molecule has 4 nitrogen and oxygen atoms in total. The van der Waals surface area contributed by atoms with Crippen molar-refractivity contribution < 1.29 is 23.0 Å². The third-order valence-electron chi connectivity index (χ3n) is 3.53. The quantitative estimate of drug-likeness (QED) is 0.774. The van der Waals surface area contributed by atoms with Crippen molar-refractivity contribution in [2.75, 3.05) is 19.6 Å². The highest BCUT2D eigenvalue weighted by Crippen LogP contribution is 2.32. The summed E-state index contributed by atoms with van der Waals surface area (Å²) in [5.74, 6) is -0.0224. The van der Waals surface area contributed by atoms with Crippen LogP contribution in [0, 0.1) is 11.6 Å². The van der Waals surface area contributed by atoms with Crippen LogP contribution in [0.25, 0.3) is 0 Å². The lowest BCUT2D eigenvalue weighted by atomic mass is 10.2. The first kappa shape index (κ1) is 16.6. The Kier molecular flexibility index (Phi) is 4.89. The van der Waals surface area contributed by atoms with Crippen LogP contribution in [-0.2, 0) is 11.3 Å². The van der Waals surface area contributed by atoms with Gasteiger partial charge < -0.3 is 14.4 Å². The van der Waals surface area contributed by atoms with Crippen LogP contribution in [0.4, 0.5) is 8.78 Å². The average molecular weight is 351 g/mol. The minimum Gasteiger partial charge on any atom is -0.454 e. The zero-order valence-corrected chi connectivity index (χ0v) is 13.7. The first-order valence-electron chi connectivity index (χ1n) is 7.23. The minimum absolute atomic E-state index is 0.0730. The van der Waals surface area contributed by atoms with Gasteiger partial charge in [-0.3, -0.25) is 4.79 Å². The Hall–Kier alpha value is -2.28. The number of amides is 1. The third kappa shape index (κ3) is 3.79. The van der Waals surface area contributed by atoms with Crippen molar-refractivity contribution in [1.82, 2.24) is 4.90 Å². The van der Waals surface area contributed by atoms with E-state index in [1.165, 1.54) is 12.1 Å². The van der Waals surface area contributed by atoms with Gasteiger partial charge in [0.1, 0.15) is 11.6 Å². The summed E-state index contributed by atoms with van der Waals surface area (Å²) in [6, 6.07) is 8.82. The Morgan fingerprint density at radius 1 is 1.17 bits per heavy atom. The highest BCUT2D eigenvalue weighted by molar-refractivity contribution is 8.00. The first-order valence-corrected chi connectivity index (χ1v) is 8.22. The Labute approximate surface area is 142 Å². The van der Waals surface area contributed by atoms with Gasteiger partial charge in [0.25, 0.3) is 0 Å². The minimum atomic E-state index is -0.661. The van der Waals surface area contributed by atoms with E-state index in [0.29, 0.717) is 18.0 Å². The van der Waals surface area contributed by atoms with Gasteiger partial charge in [-0.2, -0.15) is 0 Å². The van der Waals surface area contributed by atoms with E-state index in [2.05, 4.69) is 0 Å². The summed E-state index contributed by atoms with van der Waals surface area (Å²) < 4.78 is 37.0. The van der Waals surface area contributed by atoms with E-state index < -0.39 is 11.6 Å².